The summed E-state index contributed by atoms with van der Waals surface area (Å²) < 4.78 is 20.2. The van der Waals surface area contributed by atoms with Crippen molar-refractivity contribution in [2.75, 3.05) is 12.4 Å². The van der Waals surface area contributed by atoms with Crippen LogP contribution in [0, 0.1) is 19.7 Å². The fourth-order valence-electron chi connectivity index (χ4n) is 3.23. The Bertz CT molecular complexity index is 1230. The number of amides is 1. The molecule has 156 valence electrons. The zero-order valence-electron chi connectivity index (χ0n) is 17.4. The Kier molecular flexibility index (Phi) is 5.49. The van der Waals surface area contributed by atoms with Gasteiger partial charge in [-0.15, -0.1) is 5.10 Å². The van der Waals surface area contributed by atoms with E-state index in [0.717, 1.165) is 11.1 Å². The van der Waals surface area contributed by atoms with Gasteiger partial charge in [0.2, 0.25) is 5.82 Å². The molecule has 3 aromatic carbocycles. The maximum atomic E-state index is 13.4. The molecule has 0 radical (unpaired) electrons. The predicted octanol–water partition coefficient (Wildman–Crippen LogP) is 4.95. The third-order valence-electron chi connectivity index (χ3n) is 4.86. The highest BCUT2D eigenvalue weighted by atomic mass is 19.1. The molecule has 31 heavy (non-hydrogen) atoms. The molecule has 7 heteroatoms. The van der Waals surface area contributed by atoms with Crippen molar-refractivity contribution in [3.63, 3.8) is 0 Å². The number of rotatable bonds is 5. The summed E-state index contributed by atoms with van der Waals surface area (Å²) in [5, 5.41) is 7.30. The normalized spacial score (nSPS) is 10.7. The number of carbonyl (C=O) groups is 1. The summed E-state index contributed by atoms with van der Waals surface area (Å²) in [6, 6.07) is 18.9. The SMILES string of the molecule is COc1ccc(-n2nc(C(=O)Nc3ccc(C)cc3C)nc2-c2ccc(F)cc2)cc1. The first-order valence-electron chi connectivity index (χ1n) is 9.70. The number of anilines is 1. The minimum Gasteiger partial charge on any atom is -0.497 e. The van der Waals surface area contributed by atoms with Gasteiger partial charge in [0.15, 0.2) is 5.82 Å². The van der Waals surface area contributed by atoms with E-state index in [0.29, 0.717) is 28.5 Å². The Balaban J connectivity index is 1.74. The summed E-state index contributed by atoms with van der Waals surface area (Å²) in [5.41, 5.74) is 4.07. The van der Waals surface area contributed by atoms with Crippen molar-refractivity contribution >= 4 is 11.6 Å². The van der Waals surface area contributed by atoms with Gasteiger partial charge in [0.05, 0.1) is 12.8 Å². The second-order valence-corrected chi connectivity index (χ2v) is 7.15. The number of ether oxygens (including phenoxy) is 1. The van der Waals surface area contributed by atoms with E-state index < -0.39 is 5.91 Å². The fourth-order valence-corrected chi connectivity index (χ4v) is 3.23. The van der Waals surface area contributed by atoms with E-state index in [1.807, 2.05) is 44.2 Å². The molecule has 0 fully saturated rings. The van der Waals surface area contributed by atoms with E-state index >= 15 is 0 Å². The first-order valence-corrected chi connectivity index (χ1v) is 9.70. The molecule has 0 unspecified atom stereocenters. The Labute approximate surface area is 179 Å². The highest BCUT2D eigenvalue weighted by Gasteiger charge is 2.19. The van der Waals surface area contributed by atoms with Crippen molar-refractivity contribution < 1.29 is 13.9 Å². The second kappa shape index (κ2) is 8.39. The molecule has 1 aromatic heterocycles. The summed E-state index contributed by atoms with van der Waals surface area (Å²) in [6.45, 7) is 3.92. The Morgan fingerprint density at radius 1 is 1.00 bits per heavy atom. The van der Waals surface area contributed by atoms with Crippen LogP contribution >= 0.6 is 0 Å². The van der Waals surface area contributed by atoms with Crippen LogP contribution in [0.5, 0.6) is 5.75 Å². The van der Waals surface area contributed by atoms with Gasteiger partial charge in [0.25, 0.3) is 5.91 Å². The Morgan fingerprint density at radius 2 is 1.71 bits per heavy atom. The van der Waals surface area contributed by atoms with Crippen LogP contribution in [0.15, 0.2) is 66.7 Å². The summed E-state index contributed by atoms with van der Waals surface area (Å²) in [5.74, 6) is 0.348. The van der Waals surface area contributed by atoms with Crippen molar-refractivity contribution in [1.29, 1.82) is 0 Å². The summed E-state index contributed by atoms with van der Waals surface area (Å²) in [7, 11) is 1.59. The number of hydrogen-bond donors (Lipinski definition) is 1. The zero-order chi connectivity index (χ0) is 22.0. The highest BCUT2D eigenvalue weighted by Crippen LogP contribution is 2.24. The van der Waals surface area contributed by atoms with Gasteiger partial charge in [0, 0.05) is 11.3 Å². The maximum Gasteiger partial charge on any atom is 0.295 e. The van der Waals surface area contributed by atoms with Crippen molar-refractivity contribution in [1.82, 2.24) is 14.8 Å². The van der Waals surface area contributed by atoms with Crippen molar-refractivity contribution in [2.45, 2.75) is 13.8 Å². The number of benzene rings is 3. The largest absolute Gasteiger partial charge is 0.497 e. The van der Waals surface area contributed by atoms with Crippen LogP contribution in [0.25, 0.3) is 17.1 Å². The van der Waals surface area contributed by atoms with Gasteiger partial charge < -0.3 is 10.1 Å². The Hall–Kier alpha value is -4.00. The van der Waals surface area contributed by atoms with Crippen LogP contribution in [0.2, 0.25) is 0 Å². The lowest BCUT2D eigenvalue weighted by Crippen LogP contribution is -2.15. The molecular weight excluding hydrogens is 395 g/mol. The van der Waals surface area contributed by atoms with Gasteiger partial charge >= 0.3 is 0 Å². The molecule has 0 aliphatic rings. The first kappa shape index (κ1) is 20.3. The molecule has 4 aromatic rings. The smallest absolute Gasteiger partial charge is 0.295 e. The second-order valence-electron chi connectivity index (χ2n) is 7.15. The van der Waals surface area contributed by atoms with Gasteiger partial charge in [-0.3, -0.25) is 4.79 Å². The van der Waals surface area contributed by atoms with E-state index in [-0.39, 0.29) is 11.6 Å². The number of methoxy groups -OCH3 is 1. The number of hydrogen-bond acceptors (Lipinski definition) is 4. The molecule has 0 spiro atoms. The number of carbonyl (C=O) groups excluding carboxylic acids is 1. The van der Waals surface area contributed by atoms with Crippen LogP contribution in [0.1, 0.15) is 21.7 Å². The number of nitrogens with zero attached hydrogens (tertiary/aromatic N) is 3. The molecule has 6 nitrogen and oxygen atoms in total. The monoisotopic (exact) mass is 416 g/mol. The molecule has 1 N–H and O–H groups in total. The van der Waals surface area contributed by atoms with E-state index in [9.17, 15) is 9.18 Å². The van der Waals surface area contributed by atoms with Crippen molar-refractivity contribution in [3.8, 4) is 22.8 Å². The van der Waals surface area contributed by atoms with Gasteiger partial charge in [-0.25, -0.2) is 14.1 Å². The molecular formula is C24H21FN4O2. The lowest BCUT2D eigenvalue weighted by atomic mass is 10.1. The zero-order valence-corrected chi connectivity index (χ0v) is 17.4. The van der Waals surface area contributed by atoms with E-state index in [4.69, 9.17) is 4.74 Å². The molecule has 0 aliphatic heterocycles. The molecule has 0 atom stereocenters. The topological polar surface area (TPSA) is 69.0 Å². The van der Waals surface area contributed by atoms with E-state index in [1.54, 1.807) is 36.1 Å². The van der Waals surface area contributed by atoms with Crippen molar-refractivity contribution in [3.05, 3.63) is 89.5 Å². The first-order chi connectivity index (χ1) is 14.9. The molecule has 0 aliphatic carbocycles. The third-order valence-corrected chi connectivity index (χ3v) is 4.86. The van der Waals surface area contributed by atoms with Gasteiger partial charge in [-0.05, 0) is 74.0 Å². The van der Waals surface area contributed by atoms with Gasteiger partial charge in [-0.1, -0.05) is 17.7 Å². The third kappa shape index (κ3) is 4.30. The average Bonchev–Trinajstić information content (AvgIpc) is 3.22. The standard InChI is InChI=1S/C24H21FN4O2/c1-15-4-13-21(16(2)14-15)26-24(30)22-27-23(17-5-7-18(25)8-6-17)29(28-22)19-9-11-20(31-3)12-10-19/h4-14H,1-3H3,(H,26,30). The molecule has 4 rings (SSSR count). The van der Waals surface area contributed by atoms with Crippen LogP contribution in [-0.2, 0) is 0 Å². The van der Waals surface area contributed by atoms with E-state index in [1.165, 1.54) is 12.1 Å². The fraction of sp³-hybridized carbons (Fsp3) is 0.125. The van der Waals surface area contributed by atoms with E-state index in [2.05, 4.69) is 15.4 Å². The highest BCUT2D eigenvalue weighted by molar-refractivity contribution is 6.02. The molecule has 0 saturated heterocycles. The maximum absolute atomic E-state index is 13.4. The molecule has 1 heterocycles. The number of nitrogens with one attached hydrogen (secondary N) is 1. The average molecular weight is 416 g/mol. The summed E-state index contributed by atoms with van der Waals surface area (Å²) >= 11 is 0. The van der Waals surface area contributed by atoms with Crippen LogP contribution in [0.4, 0.5) is 10.1 Å². The summed E-state index contributed by atoms with van der Waals surface area (Å²) in [6.07, 6.45) is 0. The molecule has 0 saturated carbocycles. The Morgan fingerprint density at radius 3 is 2.35 bits per heavy atom. The minimum atomic E-state index is -0.428. The quantitative estimate of drug-likeness (QED) is 0.500. The van der Waals surface area contributed by atoms with Gasteiger partial charge in [0.1, 0.15) is 11.6 Å². The number of aryl methyl sites for hydroxylation is 2. The van der Waals surface area contributed by atoms with Crippen molar-refractivity contribution in [2.24, 2.45) is 0 Å². The molecule has 1 amide bonds. The number of aromatic nitrogens is 3. The predicted molar refractivity (Wildman–Crippen MR) is 117 cm³/mol. The lowest BCUT2D eigenvalue weighted by Gasteiger charge is -2.07. The van der Waals surface area contributed by atoms with Gasteiger partial charge in [-0.2, -0.15) is 0 Å². The summed E-state index contributed by atoms with van der Waals surface area (Å²) in [4.78, 5) is 17.4. The van der Waals surface area contributed by atoms with Crippen LogP contribution < -0.4 is 10.1 Å². The minimum absolute atomic E-state index is 0.00937. The molecule has 0 bridgehead atoms. The lowest BCUT2D eigenvalue weighted by molar-refractivity contribution is 0.101. The number of halogens is 1. The van der Waals surface area contributed by atoms with Crippen LogP contribution in [-0.4, -0.2) is 27.8 Å². The van der Waals surface area contributed by atoms with Crippen LogP contribution in [0.3, 0.4) is 0 Å².